The van der Waals surface area contributed by atoms with Crippen LogP contribution in [-0.4, -0.2) is 31.7 Å². The van der Waals surface area contributed by atoms with E-state index in [-0.39, 0.29) is 0 Å². The molecule has 0 radical (unpaired) electrons. The standard InChI is InChI=1S/C17H23N3O/c1-20(15-7-3-5-12(15)11-18)17-14-6-4-8-16(21-2)13(14)9-10-19-17/h4,6,8-10,12,15H,3,5,7,11,18H2,1-2H3. The molecule has 1 aromatic carbocycles. The number of anilines is 1. The third-order valence-corrected chi connectivity index (χ3v) is 4.72. The van der Waals surface area contributed by atoms with Crippen LogP contribution < -0.4 is 15.4 Å². The number of hydrogen-bond acceptors (Lipinski definition) is 4. The van der Waals surface area contributed by atoms with E-state index in [1.165, 1.54) is 19.3 Å². The SMILES string of the molecule is COc1cccc2c(N(C)C3CCCC3CN)nccc12. The fraction of sp³-hybridized carbons (Fsp3) is 0.471. The molecule has 0 amide bonds. The molecule has 0 spiro atoms. The van der Waals surface area contributed by atoms with Crippen LogP contribution in [0.4, 0.5) is 5.82 Å². The highest BCUT2D eigenvalue weighted by Gasteiger charge is 2.30. The van der Waals surface area contributed by atoms with E-state index in [1.54, 1.807) is 7.11 Å². The number of methoxy groups -OCH3 is 1. The van der Waals surface area contributed by atoms with Gasteiger partial charge >= 0.3 is 0 Å². The quantitative estimate of drug-likeness (QED) is 0.938. The van der Waals surface area contributed by atoms with Crippen molar-refractivity contribution in [3.05, 3.63) is 30.5 Å². The predicted octanol–water partition coefficient (Wildman–Crippen LogP) is 2.81. The smallest absolute Gasteiger partial charge is 0.136 e. The van der Waals surface area contributed by atoms with Crippen LogP contribution in [0.5, 0.6) is 5.75 Å². The summed E-state index contributed by atoms with van der Waals surface area (Å²) < 4.78 is 5.46. The number of pyridine rings is 1. The lowest BCUT2D eigenvalue weighted by molar-refractivity contribution is 0.420. The van der Waals surface area contributed by atoms with Gasteiger partial charge in [-0.3, -0.25) is 0 Å². The fourth-order valence-electron chi connectivity index (χ4n) is 3.58. The van der Waals surface area contributed by atoms with Gasteiger partial charge in [-0.25, -0.2) is 4.98 Å². The minimum atomic E-state index is 0.485. The maximum atomic E-state index is 5.93. The third kappa shape index (κ3) is 2.44. The minimum absolute atomic E-state index is 0.485. The molecule has 2 unspecified atom stereocenters. The van der Waals surface area contributed by atoms with E-state index in [9.17, 15) is 0 Å². The third-order valence-electron chi connectivity index (χ3n) is 4.72. The molecule has 1 heterocycles. The lowest BCUT2D eigenvalue weighted by Crippen LogP contribution is -2.38. The van der Waals surface area contributed by atoms with E-state index in [4.69, 9.17) is 10.5 Å². The van der Waals surface area contributed by atoms with Crippen LogP contribution in [0.15, 0.2) is 30.5 Å². The first-order valence-electron chi connectivity index (χ1n) is 7.61. The molecule has 1 saturated carbocycles. The van der Waals surface area contributed by atoms with Crippen molar-refractivity contribution in [2.45, 2.75) is 25.3 Å². The van der Waals surface area contributed by atoms with Gasteiger partial charge in [-0.1, -0.05) is 18.6 Å². The maximum absolute atomic E-state index is 5.93. The second-order valence-corrected chi connectivity index (χ2v) is 5.79. The number of aromatic nitrogens is 1. The van der Waals surface area contributed by atoms with Crippen LogP contribution in [0, 0.1) is 5.92 Å². The summed E-state index contributed by atoms with van der Waals surface area (Å²) in [6.07, 6.45) is 5.54. The summed E-state index contributed by atoms with van der Waals surface area (Å²) in [7, 11) is 3.85. The van der Waals surface area contributed by atoms with Gasteiger partial charge in [0.05, 0.1) is 7.11 Å². The van der Waals surface area contributed by atoms with Crippen molar-refractivity contribution in [1.29, 1.82) is 0 Å². The van der Waals surface area contributed by atoms with Crippen molar-refractivity contribution in [1.82, 2.24) is 4.98 Å². The molecule has 0 aliphatic heterocycles. The number of fused-ring (bicyclic) bond motifs is 1. The van der Waals surface area contributed by atoms with E-state index in [2.05, 4.69) is 23.0 Å². The van der Waals surface area contributed by atoms with Gasteiger partial charge in [-0.05, 0) is 37.4 Å². The molecule has 21 heavy (non-hydrogen) atoms. The van der Waals surface area contributed by atoms with E-state index < -0.39 is 0 Å². The van der Waals surface area contributed by atoms with Crippen molar-refractivity contribution >= 4 is 16.6 Å². The fourth-order valence-corrected chi connectivity index (χ4v) is 3.58. The van der Waals surface area contributed by atoms with Crippen molar-refractivity contribution in [3.8, 4) is 5.75 Å². The summed E-state index contributed by atoms with van der Waals surface area (Å²) in [6, 6.07) is 8.63. The molecule has 112 valence electrons. The van der Waals surface area contributed by atoms with E-state index >= 15 is 0 Å². The van der Waals surface area contributed by atoms with Gasteiger partial charge in [-0.2, -0.15) is 0 Å². The lowest BCUT2D eigenvalue weighted by atomic mass is 10.0. The second kappa shape index (κ2) is 5.90. The van der Waals surface area contributed by atoms with Gasteiger partial charge in [0.25, 0.3) is 0 Å². The van der Waals surface area contributed by atoms with Crippen LogP contribution in [0.2, 0.25) is 0 Å². The van der Waals surface area contributed by atoms with E-state index in [0.29, 0.717) is 12.0 Å². The average Bonchev–Trinajstić information content (AvgIpc) is 3.01. The van der Waals surface area contributed by atoms with Crippen molar-refractivity contribution in [2.75, 3.05) is 25.6 Å². The molecule has 2 atom stereocenters. The molecule has 3 rings (SSSR count). The van der Waals surface area contributed by atoms with Gasteiger partial charge in [0.2, 0.25) is 0 Å². The zero-order valence-corrected chi connectivity index (χ0v) is 12.7. The Morgan fingerprint density at radius 1 is 1.29 bits per heavy atom. The number of ether oxygens (including phenoxy) is 1. The maximum Gasteiger partial charge on any atom is 0.136 e. The summed E-state index contributed by atoms with van der Waals surface area (Å²) in [5.41, 5.74) is 5.93. The zero-order valence-electron chi connectivity index (χ0n) is 12.7. The first-order chi connectivity index (χ1) is 10.3. The van der Waals surface area contributed by atoms with Gasteiger partial charge in [0.1, 0.15) is 11.6 Å². The first kappa shape index (κ1) is 14.1. The van der Waals surface area contributed by atoms with Gasteiger partial charge in [-0.15, -0.1) is 0 Å². The Balaban J connectivity index is 2.04. The van der Waals surface area contributed by atoms with Crippen LogP contribution in [0.25, 0.3) is 10.8 Å². The second-order valence-electron chi connectivity index (χ2n) is 5.79. The largest absolute Gasteiger partial charge is 0.496 e. The topological polar surface area (TPSA) is 51.4 Å². The van der Waals surface area contributed by atoms with E-state index in [0.717, 1.165) is 28.9 Å². The molecular formula is C17H23N3O. The Bertz CT molecular complexity index is 628. The Kier molecular flexibility index (Phi) is 3.97. The molecule has 4 heteroatoms. The Hall–Kier alpha value is -1.81. The number of rotatable bonds is 4. The molecule has 0 saturated heterocycles. The molecule has 1 aromatic heterocycles. The van der Waals surface area contributed by atoms with Crippen molar-refractivity contribution in [3.63, 3.8) is 0 Å². The van der Waals surface area contributed by atoms with Crippen LogP contribution >= 0.6 is 0 Å². The lowest BCUT2D eigenvalue weighted by Gasteiger charge is -2.31. The molecule has 4 nitrogen and oxygen atoms in total. The normalized spacial score (nSPS) is 21.7. The summed E-state index contributed by atoms with van der Waals surface area (Å²) in [6.45, 7) is 0.753. The molecule has 0 bridgehead atoms. The Labute approximate surface area is 125 Å². The zero-order chi connectivity index (χ0) is 14.8. The highest BCUT2D eigenvalue weighted by atomic mass is 16.5. The number of nitrogens with zero attached hydrogens (tertiary/aromatic N) is 2. The summed E-state index contributed by atoms with van der Waals surface area (Å²) >= 11 is 0. The van der Waals surface area contributed by atoms with Crippen LogP contribution in [0.3, 0.4) is 0 Å². The highest BCUT2D eigenvalue weighted by Crippen LogP contribution is 2.35. The van der Waals surface area contributed by atoms with Crippen molar-refractivity contribution < 1.29 is 4.74 Å². The molecule has 2 aromatic rings. The van der Waals surface area contributed by atoms with E-state index in [1.807, 2.05) is 24.4 Å². The van der Waals surface area contributed by atoms with Crippen LogP contribution in [-0.2, 0) is 0 Å². The summed E-state index contributed by atoms with van der Waals surface area (Å²) in [5.74, 6) is 2.49. The predicted molar refractivity (Wildman–Crippen MR) is 86.9 cm³/mol. The molecular weight excluding hydrogens is 262 g/mol. The molecule has 2 N–H and O–H groups in total. The Morgan fingerprint density at radius 2 is 2.14 bits per heavy atom. The summed E-state index contributed by atoms with van der Waals surface area (Å²) in [5, 5.41) is 2.25. The summed E-state index contributed by atoms with van der Waals surface area (Å²) in [4.78, 5) is 6.94. The average molecular weight is 285 g/mol. The first-order valence-corrected chi connectivity index (χ1v) is 7.61. The van der Waals surface area contributed by atoms with Gasteiger partial charge in [0, 0.05) is 30.1 Å². The minimum Gasteiger partial charge on any atom is -0.496 e. The highest BCUT2D eigenvalue weighted by molar-refractivity contribution is 5.96. The monoisotopic (exact) mass is 285 g/mol. The van der Waals surface area contributed by atoms with Crippen molar-refractivity contribution in [2.24, 2.45) is 11.7 Å². The number of hydrogen-bond donors (Lipinski definition) is 1. The molecule has 1 aliphatic carbocycles. The van der Waals surface area contributed by atoms with Gasteiger partial charge < -0.3 is 15.4 Å². The number of nitrogens with two attached hydrogens (primary N) is 1. The van der Waals surface area contributed by atoms with Gasteiger partial charge in [0.15, 0.2) is 0 Å². The molecule has 1 fully saturated rings. The Morgan fingerprint density at radius 3 is 2.90 bits per heavy atom. The number of benzene rings is 1. The molecule has 1 aliphatic rings. The van der Waals surface area contributed by atoms with Crippen LogP contribution in [0.1, 0.15) is 19.3 Å².